The lowest BCUT2D eigenvalue weighted by Gasteiger charge is -2.22. The van der Waals surface area contributed by atoms with Crippen molar-refractivity contribution in [3.8, 4) is 23.7 Å². The molecule has 0 saturated heterocycles. The monoisotopic (exact) mass is 420 g/mol. The molecule has 0 saturated carbocycles. The molecule has 2 aromatic carbocycles. The number of benzene rings is 2. The summed E-state index contributed by atoms with van der Waals surface area (Å²) < 4.78 is 36.0. The van der Waals surface area contributed by atoms with Crippen molar-refractivity contribution in [2.75, 3.05) is 14.2 Å². The first-order valence-electron chi connectivity index (χ1n) is 9.32. The Labute approximate surface area is 178 Å². The standard InChI is InChI=1S/C25H18F2O4/c1-30-23(28)25(24(29)31-2)15-19(9-3-17-5-11-21(26)12-6-17)20(16-25)10-4-18-7-13-22(27)14-8-18/h5-8,11-14H,15-16H2,1-2H3. The number of methoxy groups -OCH3 is 2. The van der Waals surface area contributed by atoms with Crippen molar-refractivity contribution in [1.29, 1.82) is 0 Å². The van der Waals surface area contributed by atoms with Crippen molar-refractivity contribution in [2.24, 2.45) is 5.41 Å². The Balaban J connectivity index is 2.04. The van der Waals surface area contributed by atoms with Gasteiger partial charge in [0.15, 0.2) is 5.41 Å². The van der Waals surface area contributed by atoms with Crippen LogP contribution in [-0.2, 0) is 19.1 Å². The van der Waals surface area contributed by atoms with E-state index in [1.165, 1.54) is 62.8 Å². The molecule has 0 amide bonds. The third-order valence-corrected chi connectivity index (χ3v) is 4.88. The molecule has 0 heterocycles. The Morgan fingerprint density at radius 1 is 0.710 bits per heavy atom. The molecule has 0 unspecified atom stereocenters. The first-order chi connectivity index (χ1) is 14.9. The van der Waals surface area contributed by atoms with Gasteiger partial charge in [0.2, 0.25) is 0 Å². The molecule has 0 fully saturated rings. The molecule has 1 aliphatic carbocycles. The Hall–Kier alpha value is -3.90. The summed E-state index contributed by atoms with van der Waals surface area (Å²) in [6, 6.07) is 11.2. The van der Waals surface area contributed by atoms with Crippen LogP contribution in [0.3, 0.4) is 0 Å². The van der Waals surface area contributed by atoms with Crippen LogP contribution in [0.25, 0.3) is 0 Å². The molecule has 0 atom stereocenters. The maximum atomic E-state index is 13.1. The number of rotatable bonds is 2. The van der Waals surface area contributed by atoms with E-state index in [-0.39, 0.29) is 24.5 Å². The number of allylic oxidation sites excluding steroid dienone is 2. The summed E-state index contributed by atoms with van der Waals surface area (Å²) in [4.78, 5) is 25.0. The van der Waals surface area contributed by atoms with Crippen LogP contribution in [0.15, 0.2) is 59.7 Å². The fourth-order valence-electron chi connectivity index (χ4n) is 3.24. The van der Waals surface area contributed by atoms with E-state index in [4.69, 9.17) is 9.47 Å². The van der Waals surface area contributed by atoms with Gasteiger partial charge in [0.1, 0.15) is 11.6 Å². The van der Waals surface area contributed by atoms with Gasteiger partial charge in [-0.05, 0) is 48.5 Å². The van der Waals surface area contributed by atoms with Crippen molar-refractivity contribution in [3.05, 3.63) is 82.4 Å². The fourth-order valence-corrected chi connectivity index (χ4v) is 3.24. The van der Waals surface area contributed by atoms with Crippen LogP contribution < -0.4 is 0 Å². The molecule has 0 bridgehead atoms. The molecule has 4 nitrogen and oxygen atoms in total. The lowest BCUT2D eigenvalue weighted by molar-refractivity contribution is -0.168. The minimum Gasteiger partial charge on any atom is -0.468 e. The van der Waals surface area contributed by atoms with Gasteiger partial charge in [0.05, 0.1) is 14.2 Å². The van der Waals surface area contributed by atoms with Crippen molar-refractivity contribution in [1.82, 2.24) is 0 Å². The summed E-state index contributed by atoms with van der Waals surface area (Å²) in [5.41, 5.74) is 0.509. The van der Waals surface area contributed by atoms with Crippen LogP contribution in [-0.4, -0.2) is 26.2 Å². The van der Waals surface area contributed by atoms with Gasteiger partial charge in [0.25, 0.3) is 0 Å². The fraction of sp³-hybridized carbons (Fsp3) is 0.200. The number of ether oxygens (including phenoxy) is 2. The predicted octanol–water partition coefficient (Wildman–Crippen LogP) is 3.79. The Morgan fingerprint density at radius 3 is 1.39 bits per heavy atom. The molecule has 3 rings (SSSR count). The smallest absolute Gasteiger partial charge is 0.323 e. The molecule has 2 aromatic rings. The van der Waals surface area contributed by atoms with Gasteiger partial charge >= 0.3 is 11.9 Å². The van der Waals surface area contributed by atoms with Crippen LogP contribution in [0.5, 0.6) is 0 Å². The molecule has 0 N–H and O–H groups in total. The Bertz CT molecular complexity index is 1060. The number of halogens is 2. The lowest BCUT2D eigenvalue weighted by Crippen LogP contribution is -2.39. The highest BCUT2D eigenvalue weighted by Crippen LogP contribution is 2.43. The SMILES string of the molecule is COC(=O)C1(C(=O)OC)CC(C#Cc2ccc(F)cc2)=C(C#Cc2ccc(F)cc2)C1. The first kappa shape index (κ1) is 21.8. The summed E-state index contributed by atoms with van der Waals surface area (Å²) in [5.74, 6) is 9.48. The molecule has 156 valence electrons. The number of esters is 2. The van der Waals surface area contributed by atoms with Crippen molar-refractivity contribution >= 4 is 11.9 Å². The van der Waals surface area contributed by atoms with Crippen LogP contribution in [0.2, 0.25) is 0 Å². The average molecular weight is 420 g/mol. The molecular weight excluding hydrogens is 402 g/mol. The van der Waals surface area contributed by atoms with E-state index in [2.05, 4.69) is 23.7 Å². The highest BCUT2D eigenvalue weighted by Gasteiger charge is 2.53. The third-order valence-electron chi connectivity index (χ3n) is 4.88. The van der Waals surface area contributed by atoms with Gasteiger partial charge < -0.3 is 9.47 Å². The molecule has 0 radical (unpaired) electrons. The maximum absolute atomic E-state index is 13.1. The van der Waals surface area contributed by atoms with Crippen molar-refractivity contribution in [2.45, 2.75) is 12.8 Å². The minimum atomic E-state index is -1.58. The second-order valence-corrected chi connectivity index (χ2v) is 6.89. The zero-order chi connectivity index (χ0) is 22.4. The van der Waals surface area contributed by atoms with E-state index >= 15 is 0 Å². The van der Waals surface area contributed by atoms with Crippen LogP contribution in [0.4, 0.5) is 8.78 Å². The summed E-state index contributed by atoms with van der Waals surface area (Å²) >= 11 is 0. The van der Waals surface area contributed by atoms with E-state index in [9.17, 15) is 18.4 Å². The summed E-state index contributed by atoms with van der Waals surface area (Å²) in [7, 11) is 2.39. The van der Waals surface area contributed by atoms with Gasteiger partial charge in [-0.15, -0.1) is 0 Å². The van der Waals surface area contributed by atoms with Crippen molar-refractivity contribution in [3.63, 3.8) is 0 Å². The number of carbonyl (C=O) groups is 2. The van der Waals surface area contributed by atoms with E-state index in [1.54, 1.807) is 0 Å². The van der Waals surface area contributed by atoms with Gasteiger partial charge in [-0.2, -0.15) is 0 Å². The summed E-state index contributed by atoms with van der Waals surface area (Å²) in [5, 5.41) is 0. The Morgan fingerprint density at radius 2 is 1.06 bits per heavy atom. The topological polar surface area (TPSA) is 52.6 Å². The largest absolute Gasteiger partial charge is 0.468 e. The van der Waals surface area contributed by atoms with Crippen LogP contribution in [0, 0.1) is 40.7 Å². The molecule has 31 heavy (non-hydrogen) atoms. The first-order valence-corrected chi connectivity index (χ1v) is 9.32. The zero-order valence-corrected chi connectivity index (χ0v) is 16.9. The highest BCUT2D eigenvalue weighted by molar-refractivity contribution is 6.02. The molecule has 1 aliphatic rings. The predicted molar refractivity (Wildman–Crippen MR) is 109 cm³/mol. The third kappa shape index (κ3) is 4.82. The van der Waals surface area contributed by atoms with Gasteiger partial charge in [-0.3, -0.25) is 9.59 Å². The molecule has 0 spiro atoms. The van der Waals surface area contributed by atoms with E-state index in [0.717, 1.165) is 0 Å². The quantitative estimate of drug-likeness (QED) is 0.422. The van der Waals surface area contributed by atoms with Gasteiger partial charge in [-0.1, -0.05) is 23.7 Å². The second-order valence-electron chi connectivity index (χ2n) is 6.89. The highest BCUT2D eigenvalue weighted by atomic mass is 19.1. The molecule has 0 aromatic heterocycles. The number of hydrogen-bond acceptors (Lipinski definition) is 4. The lowest BCUT2D eigenvalue weighted by atomic mass is 9.83. The Kier molecular flexibility index (Phi) is 6.52. The summed E-state index contributed by atoms with van der Waals surface area (Å²) in [6.45, 7) is 0. The minimum absolute atomic E-state index is 0.0338. The maximum Gasteiger partial charge on any atom is 0.323 e. The number of hydrogen-bond donors (Lipinski definition) is 0. The van der Waals surface area contributed by atoms with Crippen molar-refractivity contribution < 1.29 is 27.8 Å². The molecule has 0 aliphatic heterocycles. The summed E-state index contributed by atoms with van der Waals surface area (Å²) in [6.07, 6.45) is -0.0675. The van der Waals surface area contributed by atoms with Gasteiger partial charge in [-0.25, -0.2) is 8.78 Å². The van der Waals surface area contributed by atoms with Crippen LogP contribution >= 0.6 is 0 Å². The zero-order valence-electron chi connectivity index (χ0n) is 16.9. The normalized spacial score (nSPS) is 14.1. The molecule has 6 heteroatoms. The van der Waals surface area contributed by atoms with E-state index in [1.807, 2.05) is 0 Å². The van der Waals surface area contributed by atoms with Gasteiger partial charge in [0, 0.05) is 35.1 Å². The molecular formula is C25H18F2O4. The average Bonchev–Trinajstić information content (AvgIpc) is 3.17. The van der Waals surface area contributed by atoms with E-state index < -0.39 is 17.4 Å². The van der Waals surface area contributed by atoms with Crippen LogP contribution in [0.1, 0.15) is 24.0 Å². The van der Waals surface area contributed by atoms with E-state index in [0.29, 0.717) is 22.3 Å². The second kappa shape index (κ2) is 9.28. The number of carbonyl (C=O) groups excluding carboxylic acids is 2.